The molecule has 14 heavy (non-hydrogen) atoms. The summed E-state index contributed by atoms with van der Waals surface area (Å²) in [5.74, 6) is 0.304. The Kier molecular flexibility index (Phi) is 2.59. The van der Waals surface area contributed by atoms with Crippen LogP contribution in [-0.2, 0) is 5.54 Å². The van der Waals surface area contributed by atoms with Crippen molar-refractivity contribution in [3.63, 3.8) is 0 Å². The number of aryl methyl sites for hydroxylation is 1. The van der Waals surface area contributed by atoms with Gasteiger partial charge in [-0.3, -0.25) is 0 Å². The SMILES string of the molecule is Cc1cc(O)c(C(C)(C)N)c(C)c1C. The first-order chi connectivity index (χ1) is 6.25. The third-order valence-corrected chi connectivity index (χ3v) is 2.78. The summed E-state index contributed by atoms with van der Waals surface area (Å²) in [5.41, 5.74) is 9.77. The highest BCUT2D eigenvalue weighted by Crippen LogP contribution is 2.33. The van der Waals surface area contributed by atoms with Crippen molar-refractivity contribution in [2.75, 3.05) is 0 Å². The molecule has 0 unspecified atom stereocenters. The lowest BCUT2D eigenvalue weighted by atomic mass is 9.87. The van der Waals surface area contributed by atoms with E-state index in [9.17, 15) is 5.11 Å². The number of hydrogen-bond acceptors (Lipinski definition) is 2. The van der Waals surface area contributed by atoms with Crippen molar-refractivity contribution in [2.45, 2.75) is 40.2 Å². The number of rotatable bonds is 1. The van der Waals surface area contributed by atoms with E-state index in [1.54, 1.807) is 6.07 Å². The minimum atomic E-state index is -0.493. The van der Waals surface area contributed by atoms with Gasteiger partial charge < -0.3 is 10.8 Å². The molecule has 0 atom stereocenters. The lowest BCUT2D eigenvalue weighted by Crippen LogP contribution is -2.30. The van der Waals surface area contributed by atoms with Gasteiger partial charge in [-0.2, -0.15) is 0 Å². The Bertz CT molecular complexity index is 362. The van der Waals surface area contributed by atoms with Crippen LogP contribution < -0.4 is 5.73 Å². The second-order valence-corrected chi connectivity index (χ2v) is 4.56. The highest BCUT2D eigenvalue weighted by atomic mass is 16.3. The highest BCUT2D eigenvalue weighted by Gasteiger charge is 2.22. The maximum absolute atomic E-state index is 9.85. The molecule has 1 aromatic carbocycles. The van der Waals surface area contributed by atoms with E-state index in [2.05, 4.69) is 6.92 Å². The summed E-state index contributed by atoms with van der Waals surface area (Å²) in [7, 11) is 0. The monoisotopic (exact) mass is 193 g/mol. The summed E-state index contributed by atoms with van der Waals surface area (Å²) in [6.07, 6.45) is 0. The van der Waals surface area contributed by atoms with Crippen LogP contribution in [0.5, 0.6) is 5.75 Å². The molecule has 0 aliphatic heterocycles. The van der Waals surface area contributed by atoms with E-state index in [4.69, 9.17) is 5.73 Å². The van der Waals surface area contributed by atoms with Crippen LogP contribution in [0.25, 0.3) is 0 Å². The van der Waals surface area contributed by atoms with Crippen molar-refractivity contribution in [3.8, 4) is 5.75 Å². The average Bonchev–Trinajstić information content (AvgIpc) is 1.97. The van der Waals surface area contributed by atoms with Crippen molar-refractivity contribution in [1.82, 2.24) is 0 Å². The smallest absolute Gasteiger partial charge is 0.121 e. The molecule has 3 N–H and O–H groups in total. The molecule has 0 saturated heterocycles. The molecule has 0 aliphatic rings. The van der Waals surface area contributed by atoms with Gasteiger partial charge >= 0.3 is 0 Å². The first-order valence-corrected chi connectivity index (χ1v) is 4.84. The molecule has 0 saturated carbocycles. The van der Waals surface area contributed by atoms with Crippen LogP contribution in [-0.4, -0.2) is 5.11 Å². The van der Waals surface area contributed by atoms with Crippen molar-refractivity contribution in [3.05, 3.63) is 28.3 Å². The summed E-state index contributed by atoms with van der Waals surface area (Å²) >= 11 is 0. The molecule has 1 rings (SSSR count). The van der Waals surface area contributed by atoms with Crippen molar-refractivity contribution < 1.29 is 5.11 Å². The van der Waals surface area contributed by atoms with Crippen LogP contribution >= 0.6 is 0 Å². The quantitative estimate of drug-likeness (QED) is 0.720. The second-order valence-electron chi connectivity index (χ2n) is 4.56. The van der Waals surface area contributed by atoms with Gasteiger partial charge in [0.05, 0.1) is 0 Å². The molecule has 0 aromatic heterocycles. The summed E-state index contributed by atoms with van der Waals surface area (Å²) in [6, 6.07) is 1.78. The van der Waals surface area contributed by atoms with Crippen molar-refractivity contribution >= 4 is 0 Å². The third kappa shape index (κ3) is 1.75. The maximum Gasteiger partial charge on any atom is 0.121 e. The third-order valence-electron chi connectivity index (χ3n) is 2.78. The Morgan fingerprint density at radius 1 is 1.14 bits per heavy atom. The Morgan fingerprint density at radius 2 is 1.64 bits per heavy atom. The normalized spacial score (nSPS) is 11.9. The van der Waals surface area contributed by atoms with E-state index in [1.165, 1.54) is 5.56 Å². The number of aromatic hydroxyl groups is 1. The highest BCUT2D eigenvalue weighted by molar-refractivity contribution is 5.50. The molecule has 0 fully saturated rings. The van der Waals surface area contributed by atoms with Gasteiger partial charge in [0.2, 0.25) is 0 Å². The zero-order valence-electron chi connectivity index (χ0n) is 9.60. The van der Waals surface area contributed by atoms with E-state index in [0.717, 1.165) is 16.7 Å². The molecule has 0 aliphatic carbocycles. The van der Waals surface area contributed by atoms with Gasteiger partial charge in [-0.05, 0) is 57.4 Å². The van der Waals surface area contributed by atoms with Crippen LogP contribution in [0, 0.1) is 20.8 Å². The second kappa shape index (κ2) is 3.28. The topological polar surface area (TPSA) is 46.2 Å². The van der Waals surface area contributed by atoms with Gasteiger partial charge in [0.1, 0.15) is 5.75 Å². The van der Waals surface area contributed by atoms with Crippen LogP contribution in [0.3, 0.4) is 0 Å². The Balaban J connectivity index is 3.53. The lowest BCUT2D eigenvalue weighted by Gasteiger charge is -2.25. The Labute approximate surface area is 85.8 Å². The Morgan fingerprint density at radius 3 is 2.07 bits per heavy atom. The predicted octanol–water partition coefficient (Wildman–Crippen LogP) is 2.51. The van der Waals surface area contributed by atoms with E-state index in [0.29, 0.717) is 5.75 Å². The molecule has 78 valence electrons. The number of benzene rings is 1. The number of phenols is 1. The fraction of sp³-hybridized carbons (Fsp3) is 0.500. The fourth-order valence-corrected chi connectivity index (χ4v) is 1.87. The maximum atomic E-state index is 9.85. The van der Waals surface area contributed by atoms with Gasteiger partial charge in [0.25, 0.3) is 0 Å². The van der Waals surface area contributed by atoms with E-state index < -0.39 is 5.54 Å². The molecule has 2 heteroatoms. The minimum absolute atomic E-state index is 0.304. The van der Waals surface area contributed by atoms with Gasteiger partial charge in [-0.1, -0.05) is 0 Å². The number of phenolic OH excluding ortho intramolecular Hbond substituents is 1. The largest absolute Gasteiger partial charge is 0.508 e. The van der Waals surface area contributed by atoms with E-state index >= 15 is 0 Å². The van der Waals surface area contributed by atoms with Crippen LogP contribution in [0.2, 0.25) is 0 Å². The first kappa shape index (κ1) is 11.1. The Hall–Kier alpha value is -1.02. The minimum Gasteiger partial charge on any atom is -0.508 e. The molecule has 0 bridgehead atoms. The van der Waals surface area contributed by atoms with Crippen LogP contribution in [0.1, 0.15) is 36.1 Å². The summed E-state index contributed by atoms with van der Waals surface area (Å²) in [6.45, 7) is 9.87. The first-order valence-electron chi connectivity index (χ1n) is 4.84. The summed E-state index contributed by atoms with van der Waals surface area (Å²) in [4.78, 5) is 0. The fourth-order valence-electron chi connectivity index (χ4n) is 1.87. The number of hydrogen-bond donors (Lipinski definition) is 2. The predicted molar refractivity (Wildman–Crippen MR) is 59.5 cm³/mol. The molecule has 0 spiro atoms. The molecular formula is C12H19NO. The van der Waals surface area contributed by atoms with Crippen molar-refractivity contribution in [2.24, 2.45) is 5.73 Å². The molecule has 2 nitrogen and oxygen atoms in total. The molecule has 0 radical (unpaired) electrons. The zero-order chi connectivity index (χ0) is 11.1. The molecular weight excluding hydrogens is 174 g/mol. The van der Waals surface area contributed by atoms with E-state index in [-0.39, 0.29) is 0 Å². The van der Waals surface area contributed by atoms with Crippen molar-refractivity contribution in [1.29, 1.82) is 0 Å². The zero-order valence-corrected chi connectivity index (χ0v) is 9.60. The van der Waals surface area contributed by atoms with Crippen LogP contribution in [0.15, 0.2) is 6.07 Å². The summed E-state index contributed by atoms with van der Waals surface area (Å²) < 4.78 is 0. The van der Waals surface area contributed by atoms with Gasteiger partial charge in [-0.25, -0.2) is 0 Å². The molecule has 0 amide bonds. The molecule has 1 aromatic rings. The lowest BCUT2D eigenvalue weighted by molar-refractivity contribution is 0.438. The van der Waals surface area contributed by atoms with Gasteiger partial charge in [0.15, 0.2) is 0 Å². The van der Waals surface area contributed by atoms with Gasteiger partial charge in [0, 0.05) is 11.1 Å². The number of nitrogens with two attached hydrogens (primary N) is 1. The summed E-state index contributed by atoms with van der Waals surface area (Å²) in [5, 5.41) is 9.85. The van der Waals surface area contributed by atoms with Crippen LogP contribution in [0.4, 0.5) is 0 Å². The standard InChI is InChI=1S/C12H19NO/c1-7-6-10(14)11(12(4,5)13)9(3)8(7)2/h6,14H,13H2,1-5H3. The molecule has 0 heterocycles. The average molecular weight is 193 g/mol. The van der Waals surface area contributed by atoms with Gasteiger partial charge in [-0.15, -0.1) is 0 Å². The van der Waals surface area contributed by atoms with E-state index in [1.807, 2.05) is 27.7 Å².